The number of benzene rings is 2. The predicted octanol–water partition coefficient (Wildman–Crippen LogP) is 3.63. The second-order valence-electron chi connectivity index (χ2n) is 6.23. The molecule has 2 N–H and O–H groups in total. The summed E-state index contributed by atoms with van der Waals surface area (Å²) in [7, 11) is -3.57. The van der Waals surface area contributed by atoms with Crippen molar-refractivity contribution in [1.82, 2.24) is 4.72 Å². The normalized spacial score (nSPS) is 12.6. The third-order valence-electron chi connectivity index (χ3n) is 4.03. The number of sulfonamides is 1. The highest BCUT2D eigenvalue weighted by atomic mass is 32.2. The van der Waals surface area contributed by atoms with Crippen LogP contribution in [0, 0.1) is 13.8 Å². The van der Waals surface area contributed by atoms with Gasteiger partial charge in [0.15, 0.2) is 0 Å². The zero-order valence-corrected chi connectivity index (χ0v) is 15.8. The average molecular weight is 360 g/mol. The summed E-state index contributed by atoms with van der Waals surface area (Å²) in [5, 5.41) is 2.85. The van der Waals surface area contributed by atoms with Crippen LogP contribution in [0.15, 0.2) is 47.4 Å². The van der Waals surface area contributed by atoms with E-state index in [1.807, 2.05) is 45.9 Å². The fourth-order valence-corrected chi connectivity index (χ4v) is 3.68. The number of hydrogen-bond donors (Lipinski definition) is 2. The lowest BCUT2D eigenvalue weighted by molar-refractivity contribution is 0.102. The zero-order valence-electron chi connectivity index (χ0n) is 15.0. The molecule has 2 rings (SSSR count). The predicted molar refractivity (Wildman–Crippen MR) is 100 cm³/mol. The van der Waals surface area contributed by atoms with Crippen LogP contribution < -0.4 is 10.0 Å². The van der Waals surface area contributed by atoms with Crippen molar-refractivity contribution in [2.75, 3.05) is 5.32 Å². The van der Waals surface area contributed by atoms with Crippen molar-refractivity contribution in [3.8, 4) is 0 Å². The third-order valence-corrected chi connectivity index (χ3v) is 5.63. The number of aryl methyl sites for hydroxylation is 2. The molecular weight excluding hydrogens is 336 g/mol. The Kier molecular flexibility index (Phi) is 5.98. The van der Waals surface area contributed by atoms with Crippen LogP contribution in [0.5, 0.6) is 0 Å². The maximum Gasteiger partial charge on any atom is 0.255 e. The minimum Gasteiger partial charge on any atom is -0.322 e. The Morgan fingerprint density at radius 3 is 2.28 bits per heavy atom. The highest BCUT2D eigenvalue weighted by Gasteiger charge is 2.17. The van der Waals surface area contributed by atoms with Gasteiger partial charge in [0.25, 0.3) is 5.91 Å². The molecule has 2 aromatic rings. The molecule has 0 unspecified atom stereocenters. The summed E-state index contributed by atoms with van der Waals surface area (Å²) < 4.78 is 27.1. The maximum atomic E-state index is 12.4. The smallest absolute Gasteiger partial charge is 0.255 e. The average Bonchev–Trinajstić information content (AvgIpc) is 2.57. The van der Waals surface area contributed by atoms with E-state index >= 15 is 0 Å². The van der Waals surface area contributed by atoms with Crippen LogP contribution in [-0.4, -0.2) is 20.4 Å². The van der Waals surface area contributed by atoms with Crippen molar-refractivity contribution < 1.29 is 13.2 Å². The number of hydrogen-bond acceptors (Lipinski definition) is 3. The van der Waals surface area contributed by atoms with Gasteiger partial charge in [-0.2, -0.15) is 0 Å². The highest BCUT2D eigenvalue weighted by molar-refractivity contribution is 7.89. The Labute approximate surface area is 149 Å². The van der Waals surface area contributed by atoms with Crippen LogP contribution in [0.1, 0.15) is 41.8 Å². The van der Waals surface area contributed by atoms with Crippen molar-refractivity contribution in [1.29, 1.82) is 0 Å². The van der Waals surface area contributed by atoms with E-state index in [1.165, 1.54) is 24.3 Å². The number of carbonyl (C=O) groups is 1. The Morgan fingerprint density at radius 2 is 1.72 bits per heavy atom. The van der Waals surface area contributed by atoms with Crippen molar-refractivity contribution in [3.05, 3.63) is 59.2 Å². The molecule has 0 bridgehead atoms. The molecule has 0 saturated carbocycles. The van der Waals surface area contributed by atoms with Crippen LogP contribution >= 0.6 is 0 Å². The lowest BCUT2D eigenvalue weighted by atomic mass is 10.1. The molecule has 1 atom stereocenters. The van der Waals surface area contributed by atoms with Gasteiger partial charge in [0, 0.05) is 17.3 Å². The SMILES string of the molecule is CC[C@@H](C)NS(=O)(=O)c1ccc(C(=O)Nc2ccc(C)cc2C)cc1. The highest BCUT2D eigenvalue weighted by Crippen LogP contribution is 2.18. The van der Waals surface area contributed by atoms with E-state index in [4.69, 9.17) is 0 Å². The van der Waals surface area contributed by atoms with Crippen LogP contribution in [0.3, 0.4) is 0 Å². The van der Waals surface area contributed by atoms with E-state index in [2.05, 4.69) is 10.0 Å². The van der Waals surface area contributed by atoms with Gasteiger partial charge < -0.3 is 5.32 Å². The van der Waals surface area contributed by atoms with Gasteiger partial charge in [0.1, 0.15) is 0 Å². The third kappa shape index (κ3) is 4.90. The van der Waals surface area contributed by atoms with Crippen molar-refractivity contribution >= 4 is 21.6 Å². The quantitative estimate of drug-likeness (QED) is 0.826. The van der Waals surface area contributed by atoms with E-state index in [0.717, 1.165) is 16.8 Å². The largest absolute Gasteiger partial charge is 0.322 e. The second kappa shape index (κ2) is 7.80. The minimum absolute atomic E-state index is 0.141. The van der Waals surface area contributed by atoms with Crippen LogP contribution in [-0.2, 0) is 10.0 Å². The fraction of sp³-hybridized carbons (Fsp3) is 0.316. The van der Waals surface area contributed by atoms with Crippen LogP contribution in [0.25, 0.3) is 0 Å². The summed E-state index contributed by atoms with van der Waals surface area (Å²) >= 11 is 0. The summed E-state index contributed by atoms with van der Waals surface area (Å²) in [6.45, 7) is 7.64. The lowest BCUT2D eigenvalue weighted by Crippen LogP contribution is -2.32. The molecule has 25 heavy (non-hydrogen) atoms. The molecule has 0 aliphatic rings. The standard InChI is InChI=1S/C19H24N2O3S/c1-5-15(4)21-25(23,24)17-9-7-16(8-10-17)19(22)20-18-11-6-13(2)12-14(18)3/h6-12,15,21H,5H2,1-4H3,(H,20,22)/t15-/m1/s1. The molecule has 0 radical (unpaired) electrons. The zero-order chi connectivity index (χ0) is 18.6. The van der Waals surface area contributed by atoms with Crippen LogP contribution in [0.4, 0.5) is 5.69 Å². The molecule has 0 fully saturated rings. The molecule has 6 heteroatoms. The van der Waals surface area contributed by atoms with E-state index < -0.39 is 10.0 Å². The van der Waals surface area contributed by atoms with Crippen molar-refractivity contribution in [3.63, 3.8) is 0 Å². The molecule has 0 spiro atoms. The molecule has 5 nitrogen and oxygen atoms in total. The van der Waals surface area contributed by atoms with Gasteiger partial charge in [-0.3, -0.25) is 4.79 Å². The van der Waals surface area contributed by atoms with E-state index in [9.17, 15) is 13.2 Å². The van der Waals surface area contributed by atoms with E-state index in [1.54, 1.807) is 0 Å². The van der Waals surface area contributed by atoms with Gasteiger partial charge in [-0.1, -0.05) is 24.6 Å². The van der Waals surface area contributed by atoms with Gasteiger partial charge in [-0.15, -0.1) is 0 Å². The first-order valence-corrected chi connectivity index (χ1v) is 9.72. The molecular formula is C19H24N2O3S. The molecule has 0 aliphatic carbocycles. The lowest BCUT2D eigenvalue weighted by Gasteiger charge is -2.13. The number of anilines is 1. The Bertz CT molecular complexity index is 859. The summed E-state index contributed by atoms with van der Waals surface area (Å²) in [5.41, 5.74) is 3.25. The second-order valence-corrected chi connectivity index (χ2v) is 7.94. The molecule has 0 heterocycles. The first-order valence-electron chi connectivity index (χ1n) is 8.24. The first-order chi connectivity index (χ1) is 11.7. The van der Waals surface area contributed by atoms with Gasteiger partial charge in [0.05, 0.1) is 4.90 Å². The number of amides is 1. The topological polar surface area (TPSA) is 75.3 Å². The Balaban J connectivity index is 2.15. The molecule has 1 amide bonds. The summed E-state index contributed by atoms with van der Waals surface area (Å²) in [5.74, 6) is -0.272. The van der Waals surface area contributed by atoms with Gasteiger partial charge in [0.2, 0.25) is 10.0 Å². The number of carbonyl (C=O) groups excluding carboxylic acids is 1. The Hall–Kier alpha value is -2.18. The minimum atomic E-state index is -3.57. The number of rotatable bonds is 6. The molecule has 0 aromatic heterocycles. The Morgan fingerprint density at radius 1 is 1.08 bits per heavy atom. The fourth-order valence-electron chi connectivity index (χ4n) is 2.35. The van der Waals surface area contributed by atoms with Crippen molar-refractivity contribution in [2.24, 2.45) is 0 Å². The van der Waals surface area contributed by atoms with Crippen LogP contribution in [0.2, 0.25) is 0 Å². The monoisotopic (exact) mass is 360 g/mol. The summed E-state index contributed by atoms with van der Waals surface area (Å²) in [4.78, 5) is 12.5. The van der Waals surface area contributed by atoms with Gasteiger partial charge in [-0.05, 0) is 63.1 Å². The number of nitrogens with one attached hydrogen (secondary N) is 2. The summed E-state index contributed by atoms with van der Waals surface area (Å²) in [6.07, 6.45) is 0.704. The van der Waals surface area contributed by atoms with E-state index in [0.29, 0.717) is 12.0 Å². The molecule has 0 saturated heterocycles. The maximum absolute atomic E-state index is 12.4. The summed E-state index contributed by atoms with van der Waals surface area (Å²) in [6, 6.07) is 11.6. The molecule has 134 valence electrons. The van der Waals surface area contributed by atoms with Gasteiger partial charge >= 0.3 is 0 Å². The van der Waals surface area contributed by atoms with E-state index in [-0.39, 0.29) is 16.8 Å². The molecule has 2 aromatic carbocycles. The van der Waals surface area contributed by atoms with Gasteiger partial charge in [-0.25, -0.2) is 13.1 Å². The first kappa shape index (κ1) is 19.1. The molecule has 0 aliphatic heterocycles. The van der Waals surface area contributed by atoms with Crippen molar-refractivity contribution in [2.45, 2.75) is 45.1 Å².